The second-order valence-electron chi connectivity index (χ2n) is 3.50. The molecule has 0 amide bonds. The van der Waals surface area contributed by atoms with Crippen molar-refractivity contribution in [3.8, 4) is 0 Å². The Labute approximate surface area is 113 Å². The summed E-state index contributed by atoms with van der Waals surface area (Å²) >= 11 is 1.19. The third kappa shape index (κ3) is 3.07. The molecule has 0 bridgehead atoms. The zero-order valence-electron chi connectivity index (χ0n) is 9.65. The van der Waals surface area contributed by atoms with Gasteiger partial charge in [-0.3, -0.25) is 10.1 Å². The smallest absolute Gasteiger partial charge is 0.258 e. The summed E-state index contributed by atoms with van der Waals surface area (Å²) in [6, 6.07) is 13.3. The first-order valence-electron chi connectivity index (χ1n) is 5.30. The van der Waals surface area contributed by atoms with Crippen molar-refractivity contribution in [3.05, 3.63) is 58.6 Å². The van der Waals surface area contributed by atoms with Crippen molar-refractivity contribution in [2.24, 2.45) is 4.99 Å². The van der Waals surface area contributed by atoms with Crippen LogP contribution < -0.4 is 0 Å². The number of nitro groups is 1. The van der Waals surface area contributed by atoms with Gasteiger partial charge in [-0.2, -0.15) is 4.99 Å². The summed E-state index contributed by atoms with van der Waals surface area (Å²) in [6.07, 6.45) is 1.48. The van der Waals surface area contributed by atoms with Crippen LogP contribution in [-0.2, 0) is 4.79 Å². The van der Waals surface area contributed by atoms with Gasteiger partial charge in [0.2, 0.25) is 6.08 Å². The summed E-state index contributed by atoms with van der Waals surface area (Å²) < 4.78 is 0. The maximum absolute atomic E-state index is 10.9. The van der Waals surface area contributed by atoms with Gasteiger partial charge in [0, 0.05) is 11.0 Å². The molecule has 0 aliphatic carbocycles. The fourth-order valence-electron chi connectivity index (χ4n) is 1.50. The second-order valence-corrected chi connectivity index (χ2v) is 4.58. The lowest BCUT2D eigenvalue weighted by Crippen LogP contribution is -1.89. The monoisotopic (exact) mass is 272 g/mol. The molecule has 94 valence electrons. The van der Waals surface area contributed by atoms with Crippen LogP contribution in [0, 0.1) is 10.1 Å². The minimum absolute atomic E-state index is 0.0254. The van der Waals surface area contributed by atoms with Crippen LogP contribution in [0.5, 0.6) is 0 Å². The largest absolute Gasteiger partial charge is 0.283 e. The lowest BCUT2D eigenvalue weighted by molar-refractivity contribution is -0.387. The van der Waals surface area contributed by atoms with Gasteiger partial charge in [0.15, 0.2) is 0 Å². The van der Waals surface area contributed by atoms with Crippen molar-refractivity contribution < 1.29 is 9.72 Å². The lowest BCUT2D eigenvalue weighted by atomic mass is 10.3. The molecular weight excluding hydrogens is 264 g/mol. The first-order chi connectivity index (χ1) is 9.22. The lowest BCUT2D eigenvalue weighted by Gasteiger charge is -2.04. The van der Waals surface area contributed by atoms with Crippen LogP contribution in [0.25, 0.3) is 0 Å². The summed E-state index contributed by atoms with van der Waals surface area (Å²) in [5.74, 6) is 0. The Morgan fingerprint density at radius 2 is 1.68 bits per heavy atom. The highest BCUT2D eigenvalue weighted by molar-refractivity contribution is 7.99. The standard InChI is InChI=1S/C13H8N2O3S/c16-9-14-10-5-1-3-7-12(10)19-13-8-4-2-6-11(13)15(17)18/h1-8H. The molecule has 0 N–H and O–H groups in total. The minimum atomic E-state index is -0.437. The van der Waals surface area contributed by atoms with Crippen LogP contribution in [0.4, 0.5) is 11.4 Å². The Morgan fingerprint density at radius 3 is 2.37 bits per heavy atom. The third-order valence-corrected chi connectivity index (χ3v) is 3.44. The van der Waals surface area contributed by atoms with Crippen molar-refractivity contribution in [1.29, 1.82) is 0 Å². The molecule has 2 aromatic carbocycles. The predicted molar refractivity (Wildman–Crippen MR) is 71.4 cm³/mol. The Kier molecular flexibility index (Phi) is 4.07. The Hall–Kier alpha value is -2.43. The molecule has 0 spiro atoms. The van der Waals surface area contributed by atoms with Gasteiger partial charge in [-0.25, -0.2) is 4.79 Å². The Bertz CT molecular complexity index is 623. The van der Waals surface area contributed by atoms with Crippen LogP contribution in [-0.4, -0.2) is 11.0 Å². The topological polar surface area (TPSA) is 72.6 Å². The van der Waals surface area contributed by atoms with E-state index in [2.05, 4.69) is 4.99 Å². The van der Waals surface area contributed by atoms with Gasteiger partial charge in [-0.1, -0.05) is 36.0 Å². The van der Waals surface area contributed by atoms with Crippen molar-refractivity contribution in [2.45, 2.75) is 9.79 Å². The number of nitrogens with zero attached hydrogens (tertiary/aromatic N) is 2. The quantitative estimate of drug-likeness (QED) is 0.368. The van der Waals surface area contributed by atoms with Gasteiger partial charge in [-0.05, 0) is 18.2 Å². The van der Waals surface area contributed by atoms with E-state index in [-0.39, 0.29) is 5.69 Å². The fraction of sp³-hybridized carbons (Fsp3) is 0. The van der Waals surface area contributed by atoms with Gasteiger partial charge >= 0.3 is 0 Å². The molecule has 0 fully saturated rings. The molecule has 6 heteroatoms. The SMILES string of the molecule is O=C=Nc1ccccc1Sc1ccccc1[N+](=O)[O-]. The van der Waals surface area contributed by atoms with E-state index in [1.807, 2.05) is 0 Å². The first-order valence-corrected chi connectivity index (χ1v) is 6.12. The molecule has 0 heterocycles. The maximum Gasteiger partial charge on any atom is 0.283 e. The highest BCUT2D eigenvalue weighted by atomic mass is 32.2. The van der Waals surface area contributed by atoms with Crippen molar-refractivity contribution in [3.63, 3.8) is 0 Å². The van der Waals surface area contributed by atoms with E-state index in [9.17, 15) is 14.9 Å². The molecule has 0 aliphatic rings. The van der Waals surface area contributed by atoms with E-state index in [0.29, 0.717) is 15.5 Å². The van der Waals surface area contributed by atoms with Crippen LogP contribution in [0.15, 0.2) is 63.3 Å². The second kappa shape index (κ2) is 5.95. The molecule has 2 aromatic rings. The normalized spacial score (nSPS) is 9.68. The highest BCUT2D eigenvalue weighted by Gasteiger charge is 2.14. The molecule has 0 aromatic heterocycles. The number of hydrogen-bond acceptors (Lipinski definition) is 5. The number of benzene rings is 2. The summed E-state index contributed by atoms with van der Waals surface area (Å²) in [7, 11) is 0. The average Bonchev–Trinajstić information content (AvgIpc) is 2.42. The molecule has 5 nitrogen and oxygen atoms in total. The van der Waals surface area contributed by atoms with Crippen LogP contribution in [0.2, 0.25) is 0 Å². The molecule has 19 heavy (non-hydrogen) atoms. The van der Waals surface area contributed by atoms with Crippen LogP contribution in [0.3, 0.4) is 0 Å². The van der Waals surface area contributed by atoms with Crippen LogP contribution >= 0.6 is 11.8 Å². The number of nitro benzene ring substituents is 1. The van der Waals surface area contributed by atoms with Crippen molar-refractivity contribution >= 4 is 29.2 Å². The molecule has 0 radical (unpaired) electrons. The first kappa shape index (κ1) is 13.0. The van der Waals surface area contributed by atoms with E-state index < -0.39 is 4.92 Å². The number of rotatable bonds is 4. The summed E-state index contributed by atoms with van der Waals surface area (Å²) in [4.78, 5) is 25.6. The molecular formula is C13H8N2O3S. The molecule has 0 unspecified atom stereocenters. The zero-order chi connectivity index (χ0) is 13.7. The van der Waals surface area contributed by atoms with E-state index >= 15 is 0 Å². The van der Waals surface area contributed by atoms with Crippen molar-refractivity contribution in [2.75, 3.05) is 0 Å². The Balaban J connectivity index is 2.42. The molecule has 0 saturated heterocycles. The number of carbonyl (C=O) groups excluding carboxylic acids is 1. The van der Waals surface area contributed by atoms with Gasteiger partial charge in [0.1, 0.15) is 0 Å². The number of isocyanates is 1. The van der Waals surface area contributed by atoms with Gasteiger partial charge in [-0.15, -0.1) is 0 Å². The summed E-state index contributed by atoms with van der Waals surface area (Å²) in [6.45, 7) is 0. The van der Waals surface area contributed by atoms with E-state index in [1.54, 1.807) is 42.5 Å². The number of hydrogen-bond donors (Lipinski definition) is 0. The highest BCUT2D eigenvalue weighted by Crippen LogP contribution is 2.38. The average molecular weight is 272 g/mol. The van der Waals surface area contributed by atoms with E-state index in [0.717, 1.165) is 0 Å². The minimum Gasteiger partial charge on any atom is -0.258 e. The third-order valence-electron chi connectivity index (χ3n) is 2.31. The zero-order valence-corrected chi connectivity index (χ0v) is 10.5. The predicted octanol–water partition coefficient (Wildman–Crippen LogP) is 3.71. The maximum atomic E-state index is 10.9. The number of para-hydroxylation sites is 2. The van der Waals surface area contributed by atoms with E-state index in [1.165, 1.54) is 23.9 Å². The fourth-order valence-corrected chi connectivity index (χ4v) is 2.49. The molecule has 0 saturated carbocycles. The van der Waals surface area contributed by atoms with E-state index in [4.69, 9.17) is 0 Å². The Morgan fingerprint density at radius 1 is 1.05 bits per heavy atom. The molecule has 2 rings (SSSR count). The molecule has 0 atom stereocenters. The summed E-state index contributed by atoms with van der Waals surface area (Å²) in [5.41, 5.74) is 0.470. The van der Waals surface area contributed by atoms with Crippen LogP contribution in [0.1, 0.15) is 0 Å². The van der Waals surface area contributed by atoms with Gasteiger partial charge < -0.3 is 0 Å². The van der Waals surface area contributed by atoms with Gasteiger partial charge in [0.05, 0.1) is 15.5 Å². The molecule has 0 aliphatic heterocycles. The number of aliphatic imine (C=N–C) groups is 1. The summed E-state index contributed by atoms with van der Waals surface area (Å²) in [5, 5.41) is 10.9. The van der Waals surface area contributed by atoms with Gasteiger partial charge in [0.25, 0.3) is 5.69 Å². The van der Waals surface area contributed by atoms with Crippen molar-refractivity contribution in [1.82, 2.24) is 0 Å².